The van der Waals surface area contributed by atoms with Gasteiger partial charge < -0.3 is 5.32 Å². The average molecular weight is 284 g/mol. The van der Waals surface area contributed by atoms with E-state index in [-0.39, 0.29) is 5.91 Å². The Kier molecular flexibility index (Phi) is 3.46. The van der Waals surface area contributed by atoms with E-state index < -0.39 is 0 Å². The summed E-state index contributed by atoms with van der Waals surface area (Å²) in [7, 11) is 0. The first-order chi connectivity index (χ1) is 10.3. The number of nitrogens with one attached hydrogen (secondary N) is 1. The van der Waals surface area contributed by atoms with Crippen molar-refractivity contribution in [3.8, 4) is 0 Å². The van der Waals surface area contributed by atoms with Crippen LogP contribution in [0.25, 0.3) is 0 Å². The van der Waals surface area contributed by atoms with E-state index in [0.717, 1.165) is 24.4 Å². The van der Waals surface area contributed by atoms with E-state index >= 15 is 0 Å². The van der Waals surface area contributed by atoms with Gasteiger partial charge in [-0.1, -0.05) is 24.6 Å². The summed E-state index contributed by atoms with van der Waals surface area (Å²) in [4.78, 5) is 15.1. The molecule has 1 saturated carbocycles. The second kappa shape index (κ2) is 5.45. The number of fused-ring (bicyclic) bond motifs is 2. The van der Waals surface area contributed by atoms with Gasteiger partial charge in [0.2, 0.25) is 0 Å². The number of piperidine rings is 2. The van der Waals surface area contributed by atoms with Crippen molar-refractivity contribution in [3.05, 3.63) is 35.9 Å². The topological polar surface area (TPSA) is 32.3 Å². The zero-order valence-corrected chi connectivity index (χ0v) is 12.5. The zero-order chi connectivity index (χ0) is 14.2. The molecule has 21 heavy (non-hydrogen) atoms. The Bertz CT molecular complexity index is 497. The second-order valence-electron chi connectivity index (χ2n) is 6.92. The van der Waals surface area contributed by atoms with Crippen LogP contribution in [0.2, 0.25) is 0 Å². The molecule has 2 unspecified atom stereocenters. The summed E-state index contributed by atoms with van der Waals surface area (Å²) in [6.07, 6.45) is 9.10. The van der Waals surface area contributed by atoms with Crippen molar-refractivity contribution in [2.24, 2.45) is 0 Å². The Morgan fingerprint density at radius 3 is 2.24 bits per heavy atom. The Morgan fingerprint density at radius 1 is 0.952 bits per heavy atom. The molecule has 2 saturated heterocycles. The molecule has 2 heterocycles. The van der Waals surface area contributed by atoms with Gasteiger partial charge in [-0.3, -0.25) is 9.69 Å². The fourth-order valence-corrected chi connectivity index (χ4v) is 4.36. The van der Waals surface area contributed by atoms with Gasteiger partial charge in [-0.05, 0) is 50.7 Å². The van der Waals surface area contributed by atoms with Crippen molar-refractivity contribution in [1.82, 2.24) is 10.2 Å². The Labute approximate surface area is 126 Å². The molecule has 4 rings (SSSR count). The first kappa shape index (κ1) is 13.3. The lowest BCUT2D eigenvalue weighted by atomic mass is 9.81. The van der Waals surface area contributed by atoms with Crippen molar-refractivity contribution in [2.75, 3.05) is 0 Å². The summed E-state index contributed by atoms with van der Waals surface area (Å²) >= 11 is 0. The first-order valence-electron chi connectivity index (χ1n) is 8.44. The number of carbonyl (C=O) groups is 1. The summed E-state index contributed by atoms with van der Waals surface area (Å²) in [5.74, 6) is 0.0959. The van der Waals surface area contributed by atoms with Crippen LogP contribution in [-0.4, -0.2) is 35.0 Å². The maximum Gasteiger partial charge on any atom is 0.251 e. The molecule has 3 aliphatic rings. The number of benzene rings is 1. The number of carbonyl (C=O) groups excluding carboxylic acids is 1. The molecule has 1 aliphatic carbocycles. The molecule has 1 N–H and O–H groups in total. The summed E-state index contributed by atoms with van der Waals surface area (Å²) in [6.45, 7) is 0. The summed E-state index contributed by atoms with van der Waals surface area (Å²) in [5, 5.41) is 3.28. The van der Waals surface area contributed by atoms with Gasteiger partial charge in [-0.2, -0.15) is 0 Å². The van der Waals surface area contributed by atoms with E-state index in [2.05, 4.69) is 10.2 Å². The molecular formula is C18H24N2O. The minimum absolute atomic E-state index is 0.0959. The van der Waals surface area contributed by atoms with E-state index in [1.54, 1.807) is 0 Å². The quantitative estimate of drug-likeness (QED) is 0.925. The molecule has 1 amide bonds. The third-order valence-electron chi connectivity index (χ3n) is 5.37. The van der Waals surface area contributed by atoms with Crippen LogP contribution in [0.15, 0.2) is 30.3 Å². The molecule has 3 heteroatoms. The SMILES string of the molecule is O=C(NC1CC2CCCC(C1)N2C1CC1)c1ccccc1. The van der Waals surface area contributed by atoms with E-state index in [9.17, 15) is 4.79 Å². The monoisotopic (exact) mass is 284 g/mol. The van der Waals surface area contributed by atoms with Crippen LogP contribution < -0.4 is 5.32 Å². The molecule has 3 fully saturated rings. The van der Waals surface area contributed by atoms with Crippen LogP contribution in [0.4, 0.5) is 0 Å². The van der Waals surface area contributed by atoms with Gasteiger partial charge in [-0.15, -0.1) is 0 Å². The molecule has 1 aromatic rings. The molecule has 1 aromatic carbocycles. The third kappa shape index (κ3) is 2.71. The van der Waals surface area contributed by atoms with Crippen LogP contribution in [0.1, 0.15) is 55.3 Å². The van der Waals surface area contributed by atoms with Gasteiger partial charge in [-0.25, -0.2) is 0 Å². The van der Waals surface area contributed by atoms with Crippen molar-refractivity contribution in [3.63, 3.8) is 0 Å². The average Bonchev–Trinajstić information content (AvgIpc) is 3.32. The number of rotatable bonds is 3. The van der Waals surface area contributed by atoms with Crippen LogP contribution >= 0.6 is 0 Å². The highest BCUT2D eigenvalue weighted by atomic mass is 16.1. The van der Waals surface area contributed by atoms with Gasteiger partial charge in [0.05, 0.1) is 0 Å². The molecule has 3 nitrogen and oxygen atoms in total. The predicted octanol–water partition coefficient (Wildman–Crippen LogP) is 2.96. The maximum atomic E-state index is 12.3. The summed E-state index contributed by atoms with van der Waals surface area (Å²) in [5.41, 5.74) is 0.785. The van der Waals surface area contributed by atoms with E-state index in [1.165, 1.54) is 32.1 Å². The lowest BCUT2D eigenvalue weighted by Crippen LogP contribution is -2.57. The van der Waals surface area contributed by atoms with Crippen LogP contribution in [-0.2, 0) is 0 Å². The number of amides is 1. The van der Waals surface area contributed by atoms with Crippen LogP contribution in [0, 0.1) is 0 Å². The minimum Gasteiger partial charge on any atom is -0.349 e. The number of hydrogen-bond acceptors (Lipinski definition) is 2. The van der Waals surface area contributed by atoms with Gasteiger partial charge >= 0.3 is 0 Å². The predicted molar refractivity (Wildman–Crippen MR) is 83.2 cm³/mol. The normalized spacial score (nSPS) is 32.7. The maximum absolute atomic E-state index is 12.3. The Morgan fingerprint density at radius 2 is 1.62 bits per heavy atom. The molecule has 112 valence electrons. The largest absolute Gasteiger partial charge is 0.349 e. The van der Waals surface area contributed by atoms with E-state index in [1.807, 2.05) is 30.3 Å². The van der Waals surface area contributed by atoms with Gasteiger partial charge in [0.25, 0.3) is 5.91 Å². The smallest absolute Gasteiger partial charge is 0.251 e. The number of nitrogens with zero attached hydrogens (tertiary/aromatic N) is 1. The van der Waals surface area contributed by atoms with Gasteiger partial charge in [0, 0.05) is 29.7 Å². The van der Waals surface area contributed by atoms with Crippen molar-refractivity contribution >= 4 is 5.91 Å². The molecule has 2 bridgehead atoms. The molecular weight excluding hydrogens is 260 g/mol. The number of hydrogen-bond donors (Lipinski definition) is 1. The van der Waals surface area contributed by atoms with E-state index in [4.69, 9.17) is 0 Å². The summed E-state index contributed by atoms with van der Waals surface area (Å²) < 4.78 is 0. The summed E-state index contributed by atoms with van der Waals surface area (Å²) in [6, 6.07) is 12.3. The molecule has 0 spiro atoms. The van der Waals surface area contributed by atoms with Crippen LogP contribution in [0.5, 0.6) is 0 Å². The van der Waals surface area contributed by atoms with Crippen molar-refractivity contribution < 1.29 is 4.79 Å². The fraction of sp³-hybridized carbons (Fsp3) is 0.611. The third-order valence-corrected chi connectivity index (χ3v) is 5.37. The first-order valence-corrected chi connectivity index (χ1v) is 8.44. The highest BCUT2D eigenvalue weighted by molar-refractivity contribution is 5.94. The molecule has 0 radical (unpaired) electrons. The highest BCUT2D eigenvalue weighted by Gasteiger charge is 2.45. The van der Waals surface area contributed by atoms with Crippen LogP contribution in [0.3, 0.4) is 0 Å². The zero-order valence-electron chi connectivity index (χ0n) is 12.5. The second-order valence-corrected chi connectivity index (χ2v) is 6.92. The fourth-order valence-electron chi connectivity index (χ4n) is 4.36. The lowest BCUT2D eigenvalue weighted by molar-refractivity contribution is 0.0175. The van der Waals surface area contributed by atoms with Crippen molar-refractivity contribution in [1.29, 1.82) is 0 Å². The standard InChI is InChI=1S/C18H24N2O/c21-18(13-5-2-1-3-6-13)19-14-11-16-7-4-8-17(12-14)20(16)15-9-10-15/h1-3,5-6,14-17H,4,7-12H2,(H,19,21). The van der Waals surface area contributed by atoms with Gasteiger partial charge in [0.1, 0.15) is 0 Å². The highest BCUT2D eigenvalue weighted by Crippen LogP contribution is 2.41. The van der Waals surface area contributed by atoms with E-state index in [0.29, 0.717) is 18.1 Å². The Hall–Kier alpha value is -1.35. The molecule has 0 aromatic heterocycles. The molecule has 2 atom stereocenters. The lowest BCUT2D eigenvalue weighted by Gasteiger charge is -2.49. The molecule has 2 aliphatic heterocycles. The minimum atomic E-state index is 0.0959. The Balaban J connectivity index is 1.42. The van der Waals surface area contributed by atoms with Crippen molar-refractivity contribution in [2.45, 2.75) is 69.1 Å². The van der Waals surface area contributed by atoms with Gasteiger partial charge in [0.15, 0.2) is 0 Å².